The number of hydrogen-bond acceptors (Lipinski definition) is 3. The van der Waals surface area contributed by atoms with Crippen molar-refractivity contribution in [1.29, 1.82) is 0 Å². The van der Waals surface area contributed by atoms with Crippen molar-refractivity contribution in [3.63, 3.8) is 0 Å². The second-order valence-electron chi connectivity index (χ2n) is 5.61. The first-order valence-corrected chi connectivity index (χ1v) is 7.38. The fourth-order valence-corrected chi connectivity index (χ4v) is 2.57. The quantitative estimate of drug-likeness (QED) is 0.923. The fraction of sp³-hybridized carbons (Fsp3) is 0.467. The van der Waals surface area contributed by atoms with Gasteiger partial charge in [-0.3, -0.25) is 4.79 Å². The summed E-state index contributed by atoms with van der Waals surface area (Å²) in [4.78, 5) is 18.4. The van der Waals surface area contributed by atoms with Gasteiger partial charge in [-0.15, -0.1) is 0 Å². The third-order valence-electron chi connectivity index (χ3n) is 3.27. The summed E-state index contributed by atoms with van der Waals surface area (Å²) in [6.45, 7) is 5.52. The second-order valence-corrected chi connectivity index (χ2v) is 5.95. The molecular weight excluding hydrogens is 288 g/mol. The van der Waals surface area contributed by atoms with Crippen LogP contribution in [0, 0.1) is 0 Å². The van der Waals surface area contributed by atoms with Crippen molar-refractivity contribution in [1.82, 2.24) is 19.8 Å². The predicted octanol–water partition coefficient (Wildman–Crippen LogP) is 2.56. The Balaban J connectivity index is 2.21. The fourth-order valence-electron chi connectivity index (χ4n) is 2.20. The molecule has 1 aromatic heterocycles. The van der Waals surface area contributed by atoms with E-state index in [2.05, 4.69) is 24.1 Å². The largest absolute Gasteiger partial charge is 0.351 e. The summed E-state index contributed by atoms with van der Waals surface area (Å²) in [6.07, 6.45) is 0. The van der Waals surface area contributed by atoms with Gasteiger partial charge in [-0.25, -0.2) is 4.98 Å². The molecule has 0 saturated heterocycles. The molecule has 21 heavy (non-hydrogen) atoms. The molecule has 1 heterocycles. The van der Waals surface area contributed by atoms with Crippen LogP contribution in [0.25, 0.3) is 11.0 Å². The van der Waals surface area contributed by atoms with E-state index in [0.717, 1.165) is 17.6 Å². The number of hydrogen-bond donors (Lipinski definition) is 1. The number of nitrogens with zero attached hydrogens (tertiary/aromatic N) is 3. The zero-order chi connectivity index (χ0) is 15.6. The van der Waals surface area contributed by atoms with E-state index in [4.69, 9.17) is 11.6 Å². The average Bonchev–Trinajstić information content (AvgIpc) is 2.72. The number of carbonyl (C=O) groups is 1. The van der Waals surface area contributed by atoms with Gasteiger partial charge in [-0.1, -0.05) is 0 Å². The van der Waals surface area contributed by atoms with Crippen LogP contribution in [0.1, 0.15) is 30.2 Å². The second kappa shape index (κ2) is 6.45. The maximum Gasteiger partial charge on any atom is 0.251 e. The molecule has 1 N–H and O–H groups in total. The Morgan fingerprint density at radius 3 is 2.76 bits per heavy atom. The van der Waals surface area contributed by atoms with Gasteiger partial charge in [0.2, 0.25) is 5.28 Å². The molecule has 6 heteroatoms. The van der Waals surface area contributed by atoms with Crippen molar-refractivity contribution in [3.8, 4) is 0 Å². The Kier molecular flexibility index (Phi) is 4.85. The van der Waals surface area contributed by atoms with Crippen molar-refractivity contribution < 1.29 is 4.79 Å². The Morgan fingerprint density at radius 1 is 1.43 bits per heavy atom. The highest BCUT2D eigenvalue weighted by atomic mass is 35.5. The minimum Gasteiger partial charge on any atom is -0.351 e. The molecule has 2 aromatic rings. The van der Waals surface area contributed by atoms with E-state index in [1.165, 1.54) is 0 Å². The van der Waals surface area contributed by atoms with Gasteiger partial charge in [-0.05, 0) is 57.7 Å². The van der Waals surface area contributed by atoms with E-state index in [-0.39, 0.29) is 11.9 Å². The number of benzene rings is 1. The normalized spacial score (nSPS) is 11.6. The lowest BCUT2D eigenvalue weighted by Crippen LogP contribution is -2.31. The highest BCUT2D eigenvalue weighted by Crippen LogP contribution is 2.24. The number of rotatable bonds is 5. The highest BCUT2D eigenvalue weighted by Gasteiger charge is 2.14. The summed E-state index contributed by atoms with van der Waals surface area (Å²) < 4.78 is 1.95. The van der Waals surface area contributed by atoms with Crippen LogP contribution in [0.2, 0.25) is 5.28 Å². The van der Waals surface area contributed by atoms with Crippen LogP contribution in [0.4, 0.5) is 0 Å². The Morgan fingerprint density at radius 2 is 2.14 bits per heavy atom. The monoisotopic (exact) mass is 308 g/mol. The summed E-state index contributed by atoms with van der Waals surface area (Å²) in [5, 5.41) is 3.34. The van der Waals surface area contributed by atoms with Crippen molar-refractivity contribution in [3.05, 3.63) is 29.0 Å². The van der Waals surface area contributed by atoms with Crippen LogP contribution in [0.3, 0.4) is 0 Å². The number of aromatic nitrogens is 2. The number of nitrogens with one attached hydrogen (secondary N) is 1. The van der Waals surface area contributed by atoms with E-state index in [9.17, 15) is 4.79 Å². The zero-order valence-electron chi connectivity index (χ0n) is 12.9. The lowest BCUT2D eigenvalue weighted by atomic mass is 10.2. The molecule has 0 saturated carbocycles. The van der Waals surface area contributed by atoms with Crippen molar-refractivity contribution in [2.45, 2.75) is 19.9 Å². The summed E-state index contributed by atoms with van der Waals surface area (Å²) in [5.41, 5.74) is 2.29. The van der Waals surface area contributed by atoms with Crippen LogP contribution in [-0.4, -0.2) is 47.5 Å². The molecule has 1 aromatic carbocycles. The van der Waals surface area contributed by atoms with Crippen LogP contribution in [0.15, 0.2) is 18.2 Å². The van der Waals surface area contributed by atoms with Crippen LogP contribution < -0.4 is 5.32 Å². The van der Waals surface area contributed by atoms with E-state index in [0.29, 0.717) is 17.4 Å². The first-order valence-electron chi connectivity index (χ1n) is 7.00. The number of fused-ring (bicyclic) bond motifs is 1. The summed E-state index contributed by atoms with van der Waals surface area (Å²) in [7, 11) is 3.94. The predicted molar refractivity (Wildman–Crippen MR) is 86.0 cm³/mol. The number of halogens is 1. The smallest absolute Gasteiger partial charge is 0.251 e. The summed E-state index contributed by atoms with van der Waals surface area (Å²) >= 11 is 6.16. The molecule has 0 aliphatic carbocycles. The molecular formula is C15H21ClN4O. The standard InChI is InChI=1S/C15H21ClN4O/c1-10(2)20-13-6-5-11(9-12(13)18-15(20)16)14(21)17-7-8-19(3)4/h5-6,9-10H,7-8H2,1-4H3,(H,17,21). The van der Waals surface area contributed by atoms with E-state index >= 15 is 0 Å². The molecule has 0 atom stereocenters. The lowest BCUT2D eigenvalue weighted by Gasteiger charge is -2.11. The minimum atomic E-state index is -0.0889. The van der Waals surface area contributed by atoms with Gasteiger partial charge in [0.15, 0.2) is 0 Å². The van der Waals surface area contributed by atoms with Gasteiger partial charge in [0.25, 0.3) is 5.91 Å². The Labute approximate surface area is 129 Å². The van der Waals surface area contributed by atoms with E-state index in [1.54, 1.807) is 6.07 Å². The number of likely N-dealkylation sites (N-methyl/N-ethyl adjacent to an activating group) is 1. The number of imidazole rings is 1. The minimum absolute atomic E-state index is 0.0889. The SMILES string of the molecule is CC(C)n1c(Cl)nc2cc(C(=O)NCCN(C)C)ccc21. The molecule has 0 aliphatic rings. The third-order valence-corrected chi connectivity index (χ3v) is 3.54. The maximum absolute atomic E-state index is 12.1. The maximum atomic E-state index is 12.1. The van der Waals surface area contributed by atoms with Crippen molar-refractivity contribution in [2.75, 3.05) is 27.2 Å². The van der Waals surface area contributed by atoms with Gasteiger partial charge in [-0.2, -0.15) is 0 Å². The molecule has 2 rings (SSSR count). The van der Waals surface area contributed by atoms with Crippen LogP contribution in [0.5, 0.6) is 0 Å². The van der Waals surface area contributed by atoms with Gasteiger partial charge < -0.3 is 14.8 Å². The molecule has 0 unspecified atom stereocenters. The molecule has 5 nitrogen and oxygen atoms in total. The topological polar surface area (TPSA) is 50.2 Å². The molecule has 1 amide bonds. The van der Waals surface area contributed by atoms with Gasteiger partial charge in [0.05, 0.1) is 11.0 Å². The first kappa shape index (κ1) is 15.8. The summed E-state index contributed by atoms with van der Waals surface area (Å²) in [6, 6.07) is 5.71. The van der Waals surface area contributed by atoms with E-state index < -0.39 is 0 Å². The van der Waals surface area contributed by atoms with Crippen LogP contribution in [-0.2, 0) is 0 Å². The van der Waals surface area contributed by atoms with Crippen molar-refractivity contribution >= 4 is 28.5 Å². The summed E-state index contributed by atoms with van der Waals surface area (Å²) in [5.74, 6) is -0.0889. The number of carbonyl (C=O) groups excluding carboxylic acids is 1. The van der Waals surface area contributed by atoms with E-state index in [1.807, 2.05) is 35.7 Å². The Hall–Kier alpha value is -1.59. The molecule has 0 aliphatic heterocycles. The van der Waals surface area contributed by atoms with Crippen molar-refractivity contribution in [2.24, 2.45) is 0 Å². The zero-order valence-corrected chi connectivity index (χ0v) is 13.6. The van der Waals surface area contributed by atoms with Gasteiger partial charge in [0, 0.05) is 24.7 Å². The average molecular weight is 309 g/mol. The van der Waals surface area contributed by atoms with Gasteiger partial charge >= 0.3 is 0 Å². The molecule has 114 valence electrons. The molecule has 0 spiro atoms. The first-order chi connectivity index (χ1) is 9.90. The molecule has 0 radical (unpaired) electrons. The van der Waals surface area contributed by atoms with Crippen LogP contribution >= 0.6 is 11.6 Å². The molecule has 0 bridgehead atoms. The Bertz CT molecular complexity index is 648. The van der Waals surface area contributed by atoms with Gasteiger partial charge in [0.1, 0.15) is 0 Å². The lowest BCUT2D eigenvalue weighted by molar-refractivity contribution is 0.0951. The highest BCUT2D eigenvalue weighted by molar-refractivity contribution is 6.29. The molecule has 0 fully saturated rings. The number of amides is 1. The third kappa shape index (κ3) is 3.54.